The van der Waals surface area contributed by atoms with Gasteiger partial charge in [-0.25, -0.2) is 0 Å². The van der Waals surface area contributed by atoms with Gasteiger partial charge in [0.2, 0.25) is 0 Å². The Balaban J connectivity index is 2.06. The fourth-order valence-corrected chi connectivity index (χ4v) is 0.659. The Morgan fingerprint density at radius 1 is 1.71 bits per heavy atom. The maximum Gasteiger partial charge on any atom is 0.0139 e. The summed E-state index contributed by atoms with van der Waals surface area (Å²) < 4.78 is 0. The Morgan fingerprint density at radius 3 is 2.57 bits per heavy atom. The van der Waals surface area contributed by atoms with E-state index in [4.69, 9.17) is 6.42 Å². The highest BCUT2D eigenvalue weighted by Crippen LogP contribution is 2.05. The summed E-state index contributed by atoms with van der Waals surface area (Å²) in [7, 11) is 0. The molecule has 1 aliphatic rings. The number of terminal acetylenes is 1. The van der Waals surface area contributed by atoms with Gasteiger partial charge in [-0.2, -0.15) is 0 Å². The van der Waals surface area contributed by atoms with E-state index in [2.05, 4.69) is 11.2 Å². The molecule has 0 amide bonds. The van der Waals surface area contributed by atoms with E-state index in [1.807, 2.05) is 0 Å². The molecule has 0 atom stereocenters. The van der Waals surface area contributed by atoms with Gasteiger partial charge in [-0.3, -0.25) is 0 Å². The molecule has 1 rings (SSSR count). The van der Waals surface area contributed by atoms with Crippen molar-refractivity contribution in [2.24, 2.45) is 5.92 Å². The van der Waals surface area contributed by atoms with Gasteiger partial charge in [-0.15, -0.1) is 12.3 Å². The zero-order chi connectivity index (χ0) is 5.11. The summed E-state index contributed by atoms with van der Waals surface area (Å²) in [6, 6.07) is 0. The Kier molecular flexibility index (Phi) is 1.33. The monoisotopic (exact) mass is 95.1 g/mol. The largest absolute Gasteiger partial charge is 0.316 e. The van der Waals surface area contributed by atoms with Crippen LogP contribution in [0.3, 0.4) is 0 Å². The molecule has 1 N–H and O–H groups in total. The van der Waals surface area contributed by atoms with E-state index >= 15 is 0 Å². The SMILES string of the molecule is C#CCC1CNC1. The predicted molar refractivity (Wildman–Crippen MR) is 29.8 cm³/mol. The molecule has 0 saturated carbocycles. The van der Waals surface area contributed by atoms with Crippen molar-refractivity contribution in [3.8, 4) is 12.3 Å². The summed E-state index contributed by atoms with van der Waals surface area (Å²) in [6.07, 6.45) is 6.01. The number of hydrogen-bond acceptors (Lipinski definition) is 1. The fraction of sp³-hybridized carbons (Fsp3) is 0.667. The third-order valence-electron chi connectivity index (χ3n) is 1.27. The molecule has 0 aliphatic carbocycles. The third-order valence-corrected chi connectivity index (χ3v) is 1.27. The molecular weight excluding hydrogens is 86.1 g/mol. The average molecular weight is 95.1 g/mol. The molecule has 1 saturated heterocycles. The van der Waals surface area contributed by atoms with Crippen LogP contribution in [0.1, 0.15) is 6.42 Å². The van der Waals surface area contributed by atoms with Crippen LogP contribution in [-0.2, 0) is 0 Å². The van der Waals surface area contributed by atoms with Crippen molar-refractivity contribution in [3.63, 3.8) is 0 Å². The highest BCUT2D eigenvalue weighted by atomic mass is 14.9. The fourth-order valence-electron chi connectivity index (χ4n) is 0.659. The summed E-state index contributed by atoms with van der Waals surface area (Å²) >= 11 is 0. The van der Waals surface area contributed by atoms with Gasteiger partial charge in [-0.05, 0) is 5.92 Å². The van der Waals surface area contributed by atoms with Gasteiger partial charge in [0, 0.05) is 19.5 Å². The zero-order valence-corrected chi connectivity index (χ0v) is 4.28. The molecule has 1 heteroatoms. The van der Waals surface area contributed by atoms with Gasteiger partial charge in [0.05, 0.1) is 0 Å². The highest BCUT2D eigenvalue weighted by Gasteiger charge is 2.13. The normalized spacial score (nSPS) is 20.4. The van der Waals surface area contributed by atoms with Gasteiger partial charge >= 0.3 is 0 Å². The second kappa shape index (κ2) is 1.99. The second-order valence-electron chi connectivity index (χ2n) is 1.93. The number of rotatable bonds is 1. The highest BCUT2D eigenvalue weighted by molar-refractivity contribution is 4.91. The molecule has 0 bridgehead atoms. The van der Waals surface area contributed by atoms with E-state index in [9.17, 15) is 0 Å². The maximum absolute atomic E-state index is 5.06. The summed E-state index contributed by atoms with van der Waals surface area (Å²) in [5.41, 5.74) is 0. The molecule has 0 aromatic heterocycles. The standard InChI is InChI=1S/C6H9N/c1-2-3-6-4-7-5-6/h1,6-7H,3-5H2. The lowest BCUT2D eigenvalue weighted by molar-refractivity contribution is 0.356. The van der Waals surface area contributed by atoms with Crippen LogP contribution >= 0.6 is 0 Å². The molecule has 0 radical (unpaired) electrons. The van der Waals surface area contributed by atoms with E-state index in [1.165, 1.54) is 0 Å². The van der Waals surface area contributed by atoms with E-state index in [0.717, 1.165) is 25.4 Å². The Morgan fingerprint density at radius 2 is 2.43 bits per heavy atom. The van der Waals surface area contributed by atoms with Crippen LogP contribution in [0.15, 0.2) is 0 Å². The quantitative estimate of drug-likeness (QED) is 0.460. The van der Waals surface area contributed by atoms with Crippen molar-refractivity contribution in [1.82, 2.24) is 5.32 Å². The third kappa shape index (κ3) is 0.942. The van der Waals surface area contributed by atoms with Crippen LogP contribution < -0.4 is 5.32 Å². The summed E-state index contributed by atoms with van der Waals surface area (Å²) in [6.45, 7) is 2.26. The first kappa shape index (κ1) is 4.67. The van der Waals surface area contributed by atoms with Crippen LogP contribution in [-0.4, -0.2) is 13.1 Å². The summed E-state index contributed by atoms with van der Waals surface area (Å²) in [5, 5.41) is 3.15. The number of nitrogens with one attached hydrogen (secondary N) is 1. The zero-order valence-electron chi connectivity index (χ0n) is 4.28. The smallest absolute Gasteiger partial charge is 0.0139 e. The van der Waals surface area contributed by atoms with Gasteiger partial charge in [-0.1, -0.05) is 0 Å². The molecule has 38 valence electrons. The first-order valence-corrected chi connectivity index (χ1v) is 2.57. The Bertz CT molecular complexity index is 86.8. The molecule has 1 nitrogen and oxygen atoms in total. The summed E-state index contributed by atoms with van der Waals surface area (Å²) in [5.74, 6) is 3.41. The van der Waals surface area contributed by atoms with Crippen LogP contribution in [0, 0.1) is 18.3 Å². The minimum atomic E-state index is 0.782. The van der Waals surface area contributed by atoms with Gasteiger partial charge < -0.3 is 5.32 Å². The molecule has 0 unspecified atom stereocenters. The molecule has 1 aliphatic heterocycles. The van der Waals surface area contributed by atoms with Crippen molar-refractivity contribution in [2.75, 3.05) is 13.1 Å². The van der Waals surface area contributed by atoms with Crippen molar-refractivity contribution in [3.05, 3.63) is 0 Å². The Hall–Kier alpha value is -0.480. The lowest BCUT2D eigenvalue weighted by atomic mass is 10.0. The van der Waals surface area contributed by atoms with Gasteiger partial charge in [0.1, 0.15) is 0 Å². The minimum absolute atomic E-state index is 0.782. The first-order chi connectivity index (χ1) is 3.43. The van der Waals surface area contributed by atoms with Crippen LogP contribution in [0.4, 0.5) is 0 Å². The molecule has 1 fully saturated rings. The molecule has 0 aromatic carbocycles. The van der Waals surface area contributed by atoms with E-state index < -0.39 is 0 Å². The molecule has 7 heavy (non-hydrogen) atoms. The average Bonchev–Trinajstić information content (AvgIpc) is 1.55. The number of hydrogen-bond donors (Lipinski definition) is 1. The van der Waals surface area contributed by atoms with Gasteiger partial charge in [0.15, 0.2) is 0 Å². The molecule has 1 heterocycles. The minimum Gasteiger partial charge on any atom is -0.316 e. The molecule has 0 aromatic rings. The Labute approximate surface area is 44.1 Å². The van der Waals surface area contributed by atoms with Gasteiger partial charge in [0.25, 0.3) is 0 Å². The summed E-state index contributed by atoms with van der Waals surface area (Å²) in [4.78, 5) is 0. The van der Waals surface area contributed by atoms with Crippen LogP contribution in [0.5, 0.6) is 0 Å². The maximum atomic E-state index is 5.06. The first-order valence-electron chi connectivity index (χ1n) is 2.57. The molecular formula is C6H9N. The van der Waals surface area contributed by atoms with Crippen molar-refractivity contribution in [2.45, 2.75) is 6.42 Å². The van der Waals surface area contributed by atoms with E-state index in [0.29, 0.717) is 0 Å². The van der Waals surface area contributed by atoms with Crippen molar-refractivity contribution < 1.29 is 0 Å². The predicted octanol–water partition coefficient (Wildman–Crippen LogP) is 0.229. The van der Waals surface area contributed by atoms with E-state index in [-0.39, 0.29) is 0 Å². The molecule has 0 spiro atoms. The second-order valence-corrected chi connectivity index (χ2v) is 1.93. The van der Waals surface area contributed by atoms with Crippen molar-refractivity contribution >= 4 is 0 Å². The van der Waals surface area contributed by atoms with Crippen molar-refractivity contribution in [1.29, 1.82) is 0 Å². The lowest BCUT2D eigenvalue weighted by Gasteiger charge is -2.24. The van der Waals surface area contributed by atoms with E-state index in [1.54, 1.807) is 0 Å². The lowest BCUT2D eigenvalue weighted by Crippen LogP contribution is -2.41. The van der Waals surface area contributed by atoms with Crippen LogP contribution in [0.2, 0.25) is 0 Å². The topological polar surface area (TPSA) is 12.0 Å². The van der Waals surface area contributed by atoms with Crippen LogP contribution in [0.25, 0.3) is 0 Å².